The Kier molecular flexibility index (Phi) is 21.4. The van der Waals surface area contributed by atoms with Crippen LogP contribution in [0.15, 0.2) is 36.6 Å². The Bertz CT molecular complexity index is 601. The molecule has 0 spiro atoms. The van der Waals surface area contributed by atoms with E-state index in [-0.39, 0.29) is 11.9 Å². The number of piperidine rings is 1. The number of methoxy groups -OCH3 is 1. The summed E-state index contributed by atoms with van der Waals surface area (Å²) in [4.78, 5) is 29.9. The lowest BCUT2D eigenvalue weighted by atomic mass is 10.0. The molecule has 198 valence electrons. The van der Waals surface area contributed by atoms with Gasteiger partial charge in [-0.25, -0.2) is 0 Å². The molecule has 7 nitrogen and oxygen atoms in total. The summed E-state index contributed by atoms with van der Waals surface area (Å²) in [6, 6.07) is 0.0967. The Balaban J connectivity index is 0. The molecular formula is C27H52N4O3. The summed E-state index contributed by atoms with van der Waals surface area (Å²) in [7, 11) is 7.27. The van der Waals surface area contributed by atoms with Crippen LogP contribution in [0, 0.1) is 0 Å². The van der Waals surface area contributed by atoms with Gasteiger partial charge in [0.25, 0.3) is 0 Å². The number of carbonyl (C=O) groups excluding carboxylic acids is 2. The monoisotopic (exact) mass is 480 g/mol. The van der Waals surface area contributed by atoms with E-state index in [0.717, 1.165) is 58.4 Å². The zero-order valence-corrected chi connectivity index (χ0v) is 23.3. The van der Waals surface area contributed by atoms with Crippen LogP contribution in [0.5, 0.6) is 0 Å². The van der Waals surface area contributed by atoms with Crippen LogP contribution in [-0.4, -0.2) is 106 Å². The minimum absolute atomic E-state index is 0.0967. The SMILES string of the molecule is C=C.CC/C=C(\C(=C/C(C)N1CCCCC1=O)COC)N(C)CCN(CC)CC.CN(C)C=O. The summed E-state index contributed by atoms with van der Waals surface area (Å²) in [5.41, 5.74) is 2.40. The van der Waals surface area contributed by atoms with Crippen molar-refractivity contribution in [3.05, 3.63) is 36.6 Å². The molecule has 0 aromatic rings. The molecule has 1 saturated heterocycles. The number of hydrogen-bond donors (Lipinski definition) is 0. The predicted molar refractivity (Wildman–Crippen MR) is 145 cm³/mol. The number of nitrogens with zero attached hydrogens (tertiary/aromatic N) is 4. The first-order valence-corrected chi connectivity index (χ1v) is 12.5. The number of rotatable bonds is 13. The largest absolute Gasteiger partial charge is 0.380 e. The van der Waals surface area contributed by atoms with Crippen LogP contribution >= 0.6 is 0 Å². The molecule has 7 heteroatoms. The van der Waals surface area contributed by atoms with E-state index in [4.69, 9.17) is 4.74 Å². The van der Waals surface area contributed by atoms with Crippen LogP contribution < -0.4 is 0 Å². The highest BCUT2D eigenvalue weighted by atomic mass is 16.5. The lowest BCUT2D eigenvalue weighted by molar-refractivity contribution is -0.134. The Morgan fingerprint density at radius 2 is 1.71 bits per heavy atom. The van der Waals surface area contributed by atoms with Crippen molar-refractivity contribution in [1.29, 1.82) is 0 Å². The minimum Gasteiger partial charge on any atom is -0.380 e. The molecule has 0 bridgehead atoms. The fourth-order valence-electron chi connectivity index (χ4n) is 3.68. The lowest BCUT2D eigenvalue weighted by Crippen LogP contribution is -2.41. The minimum atomic E-state index is 0.0967. The normalized spacial score (nSPS) is 15.1. The van der Waals surface area contributed by atoms with Crippen LogP contribution in [0.25, 0.3) is 0 Å². The lowest BCUT2D eigenvalue weighted by Gasteiger charge is -2.33. The van der Waals surface area contributed by atoms with E-state index in [1.807, 2.05) is 4.90 Å². The number of amides is 2. The van der Waals surface area contributed by atoms with Gasteiger partial charge >= 0.3 is 0 Å². The second-order valence-electron chi connectivity index (χ2n) is 8.42. The smallest absolute Gasteiger partial charge is 0.223 e. The van der Waals surface area contributed by atoms with Gasteiger partial charge in [-0.1, -0.05) is 32.9 Å². The highest BCUT2D eigenvalue weighted by Gasteiger charge is 2.23. The maximum atomic E-state index is 12.3. The summed E-state index contributed by atoms with van der Waals surface area (Å²) in [6.07, 6.45) is 9.03. The molecule has 0 N–H and O–H groups in total. The topological polar surface area (TPSA) is 56.3 Å². The maximum Gasteiger partial charge on any atom is 0.223 e. The summed E-state index contributed by atoms with van der Waals surface area (Å²) in [5.74, 6) is 0.276. The molecule has 0 aromatic carbocycles. The average molecular weight is 481 g/mol. The molecule has 1 fully saturated rings. The number of likely N-dealkylation sites (N-methyl/N-ethyl adjacent to an activating group) is 2. The zero-order valence-electron chi connectivity index (χ0n) is 23.3. The average Bonchev–Trinajstić information content (AvgIpc) is 2.84. The van der Waals surface area contributed by atoms with Gasteiger partial charge in [-0.15, -0.1) is 13.2 Å². The van der Waals surface area contributed by atoms with Crippen molar-refractivity contribution in [2.75, 3.05) is 67.6 Å². The van der Waals surface area contributed by atoms with Crippen molar-refractivity contribution < 1.29 is 14.3 Å². The maximum absolute atomic E-state index is 12.3. The van der Waals surface area contributed by atoms with Crippen molar-refractivity contribution in [3.63, 3.8) is 0 Å². The molecule has 1 aliphatic heterocycles. The van der Waals surface area contributed by atoms with Crippen molar-refractivity contribution in [2.24, 2.45) is 0 Å². The van der Waals surface area contributed by atoms with E-state index in [1.54, 1.807) is 21.2 Å². The third kappa shape index (κ3) is 14.2. The Morgan fingerprint density at radius 3 is 2.15 bits per heavy atom. The van der Waals surface area contributed by atoms with Crippen molar-refractivity contribution in [2.45, 2.75) is 59.4 Å². The van der Waals surface area contributed by atoms with Crippen molar-refractivity contribution in [3.8, 4) is 0 Å². The number of ether oxygens (including phenoxy) is 1. The number of likely N-dealkylation sites (tertiary alicyclic amines) is 1. The van der Waals surface area contributed by atoms with Crippen LogP contribution in [0.4, 0.5) is 0 Å². The van der Waals surface area contributed by atoms with Crippen LogP contribution in [0.3, 0.4) is 0 Å². The first kappa shape index (κ1) is 34.0. The van der Waals surface area contributed by atoms with E-state index in [0.29, 0.717) is 13.0 Å². The van der Waals surface area contributed by atoms with Crippen molar-refractivity contribution >= 4 is 12.3 Å². The Morgan fingerprint density at radius 1 is 1.12 bits per heavy atom. The third-order valence-electron chi connectivity index (χ3n) is 5.59. The highest BCUT2D eigenvalue weighted by Crippen LogP contribution is 2.20. The highest BCUT2D eigenvalue weighted by molar-refractivity contribution is 5.77. The fourth-order valence-corrected chi connectivity index (χ4v) is 3.68. The van der Waals surface area contributed by atoms with Crippen molar-refractivity contribution in [1.82, 2.24) is 19.6 Å². The van der Waals surface area contributed by atoms with Crippen LogP contribution in [0.1, 0.15) is 53.4 Å². The first-order chi connectivity index (χ1) is 16.2. The molecule has 2 amide bonds. The number of allylic oxidation sites excluding steroid dienone is 1. The molecule has 0 saturated carbocycles. The standard InChI is InChI=1S/C22H41N3O2.C3H7NO.C2H4/c1-7-12-21(23(5)15-16-24(8-2)9-3)20(18-27-6)17-19(4)25-14-11-10-13-22(25)26;1-4(2)3-5;1-2/h12,17,19H,7-11,13-16,18H2,1-6H3;3H,1-2H3;1-2H2/b20-17-,21-12+;;. The quantitative estimate of drug-likeness (QED) is 0.226. The Hall–Kier alpha value is -2.12. The van der Waals surface area contributed by atoms with Gasteiger partial charge in [0.15, 0.2) is 0 Å². The fraction of sp³-hybridized carbons (Fsp3) is 0.704. The molecule has 1 atom stereocenters. The second kappa shape index (κ2) is 21.4. The molecule has 1 aliphatic rings. The van der Waals surface area contributed by atoms with Gasteiger partial charge in [-0.05, 0) is 44.8 Å². The third-order valence-corrected chi connectivity index (χ3v) is 5.59. The van der Waals surface area contributed by atoms with Gasteiger partial charge in [0.05, 0.1) is 6.61 Å². The first-order valence-electron chi connectivity index (χ1n) is 12.5. The second-order valence-corrected chi connectivity index (χ2v) is 8.42. The molecular weight excluding hydrogens is 428 g/mol. The molecule has 34 heavy (non-hydrogen) atoms. The van der Waals surface area contributed by atoms with Crippen LogP contribution in [0.2, 0.25) is 0 Å². The predicted octanol–water partition coefficient (Wildman–Crippen LogP) is 4.03. The zero-order chi connectivity index (χ0) is 26.5. The molecule has 0 radical (unpaired) electrons. The molecule has 1 rings (SSSR count). The van der Waals surface area contributed by atoms with Gasteiger partial charge < -0.3 is 24.3 Å². The van der Waals surface area contributed by atoms with Gasteiger partial charge in [0.1, 0.15) is 0 Å². The number of carbonyl (C=O) groups is 2. The summed E-state index contributed by atoms with van der Waals surface area (Å²) >= 11 is 0. The molecule has 1 unspecified atom stereocenters. The van der Waals surface area contributed by atoms with E-state index in [1.165, 1.54) is 16.2 Å². The summed E-state index contributed by atoms with van der Waals surface area (Å²) in [6.45, 7) is 20.3. The van der Waals surface area contributed by atoms with E-state index in [9.17, 15) is 9.59 Å². The molecule has 0 aliphatic carbocycles. The van der Waals surface area contributed by atoms with Gasteiger partial charge in [-0.3, -0.25) is 9.59 Å². The molecule has 1 heterocycles. The van der Waals surface area contributed by atoms with Gasteiger partial charge in [0.2, 0.25) is 12.3 Å². The van der Waals surface area contributed by atoms with E-state index < -0.39 is 0 Å². The summed E-state index contributed by atoms with van der Waals surface area (Å²) in [5, 5.41) is 0. The number of hydrogen-bond acceptors (Lipinski definition) is 5. The van der Waals surface area contributed by atoms with Gasteiger partial charge in [0, 0.05) is 66.0 Å². The summed E-state index contributed by atoms with van der Waals surface area (Å²) < 4.78 is 5.51. The Labute approximate surface area is 210 Å². The van der Waals surface area contributed by atoms with E-state index in [2.05, 4.69) is 69.9 Å². The van der Waals surface area contributed by atoms with E-state index >= 15 is 0 Å². The van der Waals surface area contributed by atoms with Gasteiger partial charge in [-0.2, -0.15) is 0 Å². The molecule has 0 aromatic heterocycles. The van der Waals surface area contributed by atoms with Crippen LogP contribution in [-0.2, 0) is 14.3 Å².